The molecule has 5 aromatic carbocycles. The summed E-state index contributed by atoms with van der Waals surface area (Å²) in [6.07, 6.45) is -0.0177. The lowest BCUT2D eigenvalue weighted by Crippen LogP contribution is -2.66. The summed E-state index contributed by atoms with van der Waals surface area (Å²) >= 11 is 12.7. The van der Waals surface area contributed by atoms with E-state index < -0.39 is 34.4 Å². The number of halogens is 2. The Morgan fingerprint density at radius 1 is 0.722 bits per heavy atom. The number of aryl methyl sites for hydroxylation is 2. The second-order valence-corrected chi connectivity index (χ2v) is 18.2. The molecule has 2 aliphatic heterocycles. The van der Waals surface area contributed by atoms with Gasteiger partial charge in [-0.25, -0.2) is 9.59 Å². The molecule has 3 amide bonds. The number of nitrogens with zero attached hydrogens (tertiary/aromatic N) is 5. The summed E-state index contributed by atoms with van der Waals surface area (Å²) in [6.45, 7) is 3.32. The second kappa shape index (κ2) is 22.5. The normalized spacial score (nSPS) is 16.1. The quantitative estimate of drug-likeness (QED) is 0.0428. The number of carbonyl (C=O) groups excluding carboxylic acids is 3. The van der Waals surface area contributed by atoms with Crippen LogP contribution in [0.1, 0.15) is 52.6 Å². The molecule has 19 nitrogen and oxygen atoms in total. The molecular formula is C51H49Cl2N5O14. The van der Waals surface area contributed by atoms with Gasteiger partial charge in [-0.15, -0.1) is 20.2 Å². The highest BCUT2D eigenvalue weighted by Gasteiger charge is 2.50. The van der Waals surface area contributed by atoms with Crippen LogP contribution in [0.5, 0.6) is 28.7 Å². The van der Waals surface area contributed by atoms with E-state index in [4.69, 9.17) is 46.9 Å². The van der Waals surface area contributed by atoms with Crippen molar-refractivity contribution in [3.8, 4) is 28.7 Å². The summed E-state index contributed by atoms with van der Waals surface area (Å²) in [5, 5.41) is 20.8. The van der Waals surface area contributed by atoms with E-state index in [2.05, 4.69) is 9.68 Å². The van der Waals surface area contributed by atoms with Crippen LogP contribution >= 0.6 is 23.2 Å². The number of carbonyl (C=O) groups is 3. The Hall–Kier alpha value is -7.77. The van der Waals surface area contributed by atoms with E-state index in [1.54, 1.807) is 60.5 Å². The Kier molecular flexibility index (Phi) is 15.8. The van der Waals surface area contributed by atoms with Gasteiger partial charge in [-0.1, -0.05) is 71.7 Å². The molecule has 3 aliphatic rings. The first-order valence-electron chi connectivity index (χ1n) is 22.8. The minimum absolute atomic E-state index is 0.0517. The molecule has 5 aromatic rings. The maximum atomic E-state index is 15.7. The van der Waals surface area contributed by atoms with Crippen LogP contribution in [-0.4, -0.2) is 94.5 Å². The fourth-order valence-electron chi connectivity index (χ4n) is 8.87. The molecule has 0 radical (unpaired) electrons. The van der Waals surface area contributed by atoms with Crippen LogP contribution in [0.3, 0.4) is 0 Å². The van der Waals surface area contributed by atoms with Gasteiger partial charge < -0.3 is 43.2 Å². The van der Waals surface area contributed by atoms with E-state index >= 15 is 4.79 Å². The molecule has 2 heterocycles. The summed E-state index contributed by atoms with van der Waals surface area (Å²) < 4.78 is 29.2. The van der Waals surface area contributed by atoms with Crippen LogP contribution in [0.25, 0.3) is 5.57 Å². The highest BCUT2D eigenvalue weighted by Crippen LogP contribution is 2.42. The largest absolute Gasteiger partial charge is 0.496 e. The number of ether oxygens (including phenoxy) is 5. The average molecular weight is 1030 g/mol. The van der Waals surface area contributed by atoms with Gasteiger partial charge in [-0.3, -0.25) is 9.69 Å². The van der Waals surface area contributed by atoms with Crippen LogP contribution in [-0.2, 0) is 34.2 Å². The van der Waals surface area contributed by atoms with Gasteiger partial charge in [0.1, 0.15) is 49.4 Å². The summed E-state index contributed by atoms with van der Waals surface area (Å²) in [6, 6.07) is 26.7. The van der Waals surface area contributed by atoms with Gasteiger partial charge in [0.05, 0.1) is 29.2 Å². The molecule has 2 unspecified atom stereocenters. The zero-order valence-corrected chi connectivity index (χ0v) is 40.8. The van der Waals surface area contributed by atoms with Crippen molar-refractivity contribution in [3.05, 3.63) is 172 Å². The third-order valence-electron chi connectivity index (χ3n) is 12.2. The van der Waals surface area contributed by atoms with Crippen molar-refractivity contribution in [2.75, 3.05) is 33.4 Å². The summed E-state index contributed by atoms with van der Waals surface area (Å²) in [7, 11) is 1.59. The molecule has 2 bridgehead atoms. The molecule has 1 saturated heterocycles. The lowest BCUT2D eigenvalue weighted by Gasteiger charge is -2.50. The molecule has 1 saturated carbocycles. The average Bonchev–Trinajstić information content (AvgIpc) is 4.19. The van der Waals surface area contributed by atoms with E-state index in [1.165, 1.54) is 34.1 Å². The van der Waals surface area contributed by atoms with Crippen LogP contribution in [0, 0.1) is 34.1 Å². The van der Waals surface area contributed by atoms with Crippen molar-refractivity contribution in [2.24, 2.45) is 0 Å². The van der Waals surface area contributed by atoms with Gasteiger partial charge in [-0.2, -0.15) is 0 Å². The number of methoxy groups -OCH3 is 1. The first kappa shape index (κ1) is 50.6. The lowest BCUT2D eigenvalue weighted by atomic mass is 9.81. The first-order valence-corrected chi connectivity index (χ1v) is 23.6. The maximum absolute atomic E-state index is 15.7. The third-order valence-corrected chi connectivity index (χ3v) is 12.8. The van der Waals surface area contributed by atoms with Crippen molar-refractivity contribution >= 4 is 46.9 Å². The number of hydrogen-bond donors (Lipinski definition) is 0. The van der Waals surface area contributed by atoms with Gasteiger partial charge in [0.15, 0.2) is 5.75 Å². The molecule has 2 fully saturated rings. The van der Waals surface area contributed by atoms with Crippen LogP contribution < -0.4 is 23.7 Å². The van der Waals surface area contributed by atoms with Gasteiger partial charge in [0.2, 0.25) is 0 Å². The van der Waals surface area contributed by atoms with Gasteiger partial charge in [0.25, 0.3) is 16.1 Å². The van der Waals surface area contributed by atoms with Crippen molar-refractivity contribution < 1.29 is 57.9 Å². The lowest BCUT2D eigenvalue weighted by molar-refractivity contribution is -0.763. The van der Waals surface area contributed by atoms with Crippen molar-refractivity contribution in [1.82, 2.24) is 14.7 Å². The molecule has 0 spiro atoms. The Morgan fingerprint density at radius 2 is 1.33 bits per heavy atom. The minimum Gasteiger partial charge on any atom is -0.496 e. The summed E-state index contributed by atoms with van der Waals surface area (Å²) in [5.74, 6) is 1.38. The van der Waals surface area contributed by atoms with Crippen molar-refractivity contribution in [1.29, 1.82) is 0 Å². The molecule has 0 aromatic heterocycles. The van der Waals surface area contributed by atoms with Gasteiger partial charge in [-0.05, 0) is 127 Å². The van der Waals surface area contributed by atoms with Crippen molar-refractivity contribution in [2.45, 2.75) is 71.0 Å². The monoisotopic (exact) mass is 1030 g/mol. The van der Waals surface area contributed by atoms with E-state index in [-0.39, 0.29) is 81.5 Å². The van der Waals surface area contributed by atoms with E-state index in [0.29, 0.717) is 49.6 Å². The molecule has 2 atom stereocenters. The topological polar surface area (TPSA) is 212 Å². The van der Waals surface area contributed by atoms with Crippen LogP contribution in [0.15, 0.2) is 109 Å². The second-order valence-electron chi connectivity index (χ2n) is 17.4. The van der Waals surface area contributed by atoms with E-state index in [1.807, 2.05) is 44.2 Å². The Balaban J connectivity index is 1.14. The molecule has 8 rings (SSSR count). The number of benzene rings is 5. The summed E-state index contributed by atoms with van der Waals surface area (Å²) in [5.41, 5.74) is 4.98. The molecule has 72 heavy (non-hydrogen) atoms. The van der Waals surface area contributed by atoms with E-state index in [0.717, 1.165) is 29.5 Å². The smallest absolute Gasteiger partial charge is 0.416 e. The Labute approximate surface area is 423 Å². The molecule has 1 aliphatic carbocycles. The number of amides is 3. The number of piperazine rings is 1. The van der Waals surface area contributed by atoms with Crippen LogP contribution in [0.4, 0.5) is 9.59 Å². The van der Waals surface area contributed by atoms with Crippen molar-refractivity contribution in [3.63, 3.8) is 0 Å². The Bertz CT molecular complexity index is 2870. The molecular weight excluding hydrogens is 977 g/mol. The minimum atomic E-state index is -1.09. The molecule has 0 N–H and O–H groups in total. The standard InChI is InChI=1S/C51H49Cl2N5O14/c1-31-20-43(52)48(44(53)21-31)68-19-18-67-39-15-11-36(12-16-39)42-25-38-27-54(50(60)71-40-8-4-6-34(23-40)29-69-57(62)63)28-45(56(38)51(61)72-41-9-5-7-35(24-41)30-70-58(64)65)47(42)49(59)55(37-13-14-37)26-33-10-17-46(66-3)32(2)22-33/h4-12,15-17,20-24,37-38,45H,13-14,18-19,25-30H2,1-3H3. The molecule has 376 valence electrons. The SMILES string of the molecule is COc1ccc(CN(C(=O)C2=C(c3ccc(OCCOc4c(Cl)cc(C)cc4Cl)cc3)CC3CN(C(=O)Oc4cccc(CO[N+](=O)[O-])c4)CC2N3C(=O)Oc2cccc(CO[N+](=O)[O-])c2)C2CC2)cc1C. The number of hydrogen-bond acceptors (Lipinski definition) is 14. The number of fused-ring (bicyclic) bond motifs is 2. The Morgan fingerprint density at radius 3 is 1.92 bits per heavy atom. The fraction of sp³-hybridized carbons (Fsp3) is 0.314. The zero-order chi connectivity index (χ0) is 51.1. The van der Waals surface area contributed by atoms with Gasteiger partial charge in [0, 0.05) is 31.2 Å². The first-order chi connectivity index (χ1) is 34.6. The third kappa shape index (κ3) is 12.4. The predicted molar refractivity (Wildman–Crippen MR) is 261 cm³/mol. The highest BCUT2D eigenvalue weighted by molar-refractivity contribution is 6.37. The summed E-state index contributed by atoms with van der Waals surface area (Å²) in [4.78, 5) is 80.1. The van der Waals surface area contributed by atoms with Gasteiger partial charge >= 0.3 is 12.2 Å². The van der Waals surface area contributed by atoms with Crippen LogP contribution in [0.2, 0.25) is 10.0 Å². The van der Waals surface area contributed by atoms with E-state index in [9.17, 15) is 29.8 Å². The fourth-order valence-corrected chi connectivity index (χ4v) is 9.58. The maximum Gasteiger partial charge on any atom is 0.416 e. The predicted octanol–water partition coefficient (Wildman–Crippen LogP) is 9.59. The molecule has 21 heteroatoms. The highest BCUT2D eigenvalue weighted by atomic mass is 35.5. The number of rotatable bonds is 19. The zero-order valence-electron chi connectivity index (χ0n) is 39.3.